The topological polar surface area (TPSA) is 35.2 Å². The molecule has 0 saturated carbocycles. The van der Waals surface area contributed by atoms with Gasteiger partial charge in [-0.3, -0.25) is 0 Å². The summed E-state index contributed by atoms with van der Waals surface area (Å²) in [6, 6.07) is 6.93. The van der Waals surface area contributed by atoms with E-state index in [0.717, 1.165) is 0 Å². The number of benzene rings is 1. The first-order chi connectivity index (χ1) is 6.24. The fraction of sp³-hybridized carbons (Fsp3) is 0.333. The van der Waals surface area contributed by atoms with Crippen molar-refractivity contribution in [1.82, 2.24) is 0 Å². The third-order valence-electron chi connectivity index (χ3n) is 1.51. The minimum absolute atomic E-state index is 0.0372. The van der Waals surface area contributed by atoms with E-state index in [2.05, 4.69) is 0 Å². The molecule has 1 rings (SSSR count). The highest BCUT2D eigenvalue weighted by molar-refractivity contribution is 6.32. The molecule has 1 atom stereocenters. The average molecular weight is 204 g/mol. The Bertz CT molecular complexity index is 270. The minimum atomic E-state index is -1.14. The predicted molar refractivity (Wildman–Crippen MR) is 50.9 cm³/mol. The van der Waals surface area contributed by atoms with Gasteiger partial charge in [0.2, 0.25) is 0 Å². The van der Waals surface area contributed by atoms with Gasteiger partial charge in [0, 0.05) is 6.54 Å². The van der Waals surface area contributed by atoms with Crippen LogP contribution < -0.4 is 10.5 Å². The monoisotopic (exact) mass is 203 g/mol. The molecule has 2 N–H and O–H groups in total. The van der Waals surface area contributed by atoms with Crippen LogP contribution in [0, 0.1) is 0 Å². The molecule has 0 aliphatic carbocycles. The van der Waals surface area contributed by atoms with Crippen molar-refractivity contribution in [2.75, 3.05) is 13.2 Å². The summed E-state index contributed by atoms with van der Waals surface area (Å²) >= 11 is 5.77. The summed E-state index contributed by atoms with van der Waals surface area (Å²) in [5.74, 6) is 0.486. The Morgan fingerprint density at radius 2 is 2.15 bits per heavy atom. The summed E-state index contributed by atoms with van der Waals surface area (Å²) in [5, 5.41) is 0.478. The molecule has 2 nitrogen and oxygen atoms in total. The fourth-order valence-corrected chi connectivity index (χ4v) is 1.00. The number of nitrogens with two attached hydrogens (primary N) is 1. The van der Waals surface area contributed by atoms with Gasteiger partial charge in [0.1, 0.15) is 18.5 Å². The lowest BCUT2D eigenvalue weighted by atomic mass is 10.3. The molecule has 13 heavy (non-hydrogen) atoms. The van der Waals surface area contributed by atoms with Crippen LogP contribution in [0.2, 0.25) is 5.02 Å². The number of hydrogen-bond donors (Lipinski definition) is 1. The molecule has 0 amide bonds. The SMILES string of the molecule is NCC(F)COc1ccccc1Cl. The normalized spacial score (nSPS) is 12.5. The van der Waals surface area contributed by atoms with Crippen molar-refractivity contribution >= 4 is 11.6 Å². The molecule has 0 bridgehead atoms. The van der Waals surface area contributed by atoms with Gasteiger partial charge in [-0.15, -0.1) is 0 Å². The van der Waals surface area contributed by atoms with Gasteiger partial charge in [-0.2, -0.15) is 0 Å². The number of rotatable bonds is 4. The van der Waals surface area contributed by atoms with Crippen LogP contribution in [0.4, 0.5) is 4.39 Å². The van der Waals surface area contributed by atoms with Crippen molar-refractivity contribution < 1.29 is 9.13 Å². The summed E-state index contributed by atoms with van der Waals surface area (Å²) in [6.07, 6.45) is -1.14. The van der Waals surface area contributed by atoms with E-state index in [-0.39, 0.29) is 13.2 Å². The van der Waals surface area contributed by atoms with E-state index >= 15 is 0 Å². The zero-order valence-electron chi connectivity index (χ0n) is 7.04. The van der Waals surface area contributed by atoms with Gasteiger partial charge in [0.15, 0.2) is 0 Å². The molecule has 0 aliphatic heterocycles. The van der Waals surface area contributed by atoms with Gasteiger partial charge in [0.05, 0.1) is 5.02 Å². The molecule has 1 aromatic carbocycles. The maximum absolute atomic E-state index is 12.7. The third kappa shape index (κ3) is 3.20. The standard InChI is InChI=1S/C9H11ClFNO/c10-8-3-1-2-4-9(8)13-6-7(11)5-12/h1-4,7H,5-6,12H2. The van der Waals surface area contributed by atoms with Crippen LogP contribution in [0.5, 0.6) is 5.75 Å². The van der Waals surface area contributed by atoms with E-state index in [9.17, 15) is 4.39 Å². The number of ether oxygens (including phenoxy) is 1. The first-order valence-electron chi connectivity index (χ1n) is 3.95. The van der Waals surface area contributed by atoms with E-state index in [1.54, 1.807) is 24.3 Å². The van der Waals surface area contributed by atoms with E-state index in [4.69, 9.17) is 22.1 Å². The molecule has 0 spiro atoms. The number of hydrogen-bond acceptors (Lipinski definition) is 2. The van der Waals surface area contributed by atoms with Crippen LogP contribution in [0.3, 0.4) is 0 Å². The van der Waals surface area contributed by atoms with Gasteiger partial charge in [-0.25, -0.2) is 4.39 Å². The second kappa shape index (κ2) is 5.04. The zero-order valence-corrected chi connectivity index (χ0v) is 7.80. The molecule has 72 valence electrons. The molecule has 0 heterocycles. The Balaban J connectivity index is 2.50. The average Bonchev–Trinajstić information content (AvgIpc) is 2.16. The van der Waals surface area contributed by atoms with Crippen molar-refractivity contribution in [2.45, 2.75) is 6.17 Å². The van der Waals surface area contributed by atoms with E-state index in [0.29, 0.717) is 10.8 Å². The molecule has 1 aromatic rings. The highest BCUT2D eigenvalue weighted by Gasteiger charge is 2.05. The largest absolute Gasteiger partial charge is 0.489 e. The Kier molecular flexibility index (Phi) is 3.99. The molecular formula is C9H11ClFNO. The second-order valence-electron chi connectivity index (χ2n) is 2.57. The Hall–Kier alpha value is -0.800. The van der Waals surface area contributed by atoms with Gasteiger partial charge in [-0.05, 0) is 12.1 Å². The lowest BCUT2D eigenvalue weighted by molar-refractivity contribution is 0.201. The van der Waals surface area contributed by atoms with Gasteiger partial charge in [0.25, 0.3) is 0 Å². The predicted octanol–water partition coefficient (Wildman–Crippen LogP) is 2.02. The van der Waals surface area contributed by atoms with Crippen molar-refractivity contribution in [2.24, 2.45) is 5.73 Å². The summed E-state index contributed by atoms with van der Waals surface area (Å²) in [5.41, 5.74) is 5.09. The Morgan fingerprint density at radius 1 is 1.46 bits per heavy atom. The lowest BCUT2D eigenvalue weighted by Gasteiger charge is -2.09. The van der Waals surface area contributed by atoms with Crippen LogP contribution >= 0.6 is 11.6 Å². The van der Waals surface area contributed by atoms with E-state index < -0.39 is 6.17 Å². The Labute approximate surface area is 81.4 Å². The molecule has 0 aromatic heterocycles. The first-order valence-corrected chi connectivity index (χ1v) is 4.33. The molecule has 0 fully saturated rings. The third-order valence-corrected chi connectivity index (χ3v) is 1.82. The fourth-order valence-electron chi connectivity index (χ4n) is 0.810. The summed E-state index contributed by atoms with van der Waals surface area (Å²) in [4.78, 5) is 0. The molecular weight excluding hydrogens is 193 g/mol. The number of alkyl halides is 1. The van der Waals surface area contributed by atoms with Crippen molar-refractivity contribution in [1.29, 1.82) is 0 Å². The smallest absolute Gasteiger partial charge is 0.146 e. The van der Waals surface area contributed by atoms with Crippen LogP contribution in [0.1, 0.15) is 0 Å². The minimum Gasteiger partial charge on any atom is -0.489 e. The van der Waals surface area contributed by atoms with Crippen molar-refractivity contribution in [3.63, 3.8) is 0 Å². The quantitative estimate of drug-likeness (QED) is 0.813. The molecule has 4 heteroatoms. The van der Waals surface area contributed by atoms with E-state index in [1.165, 1.54) is 0 Å². The maximum atomic E-state index is 12.7. The molecule has 1 unspecified atom stereocenters. The number of para-hydroxylation sites is 1. The molecule has 0 saturated heterocycles. The lowest BCUT2D eigenvalue weighted by Crippen LogP contribution is -2.22. The summed E-state index contributed by atoms with van der Waals surface area (Å²) in [7, 11) is 0. The van der Waals surface area contributed by atoms with Gasteiger partial charge >= 0.3 is 0 Å². The van der Waals surface area contributed by atoms with Crippen LogP contribution in [-0.4, -0.2) is 19.3 Å². The van der Waals surface area contributed by atoms with Crippen LogP contribution in [0.25, 0.3) is 0 Å². The van der Waals surface area contributed by atoms with Crippen molar-refractivity contribution in [3.8, 4) is 5.75 Å². The summed E-state index contributed by atoms with van der Waals surface area (Å²) in [6.45, 7) is -0.0926. The first kappa shape index (κ1) is 10.3. The zero-order chi connectivity index (χ0) is 9.68. The molecule has 0 radical (unpaired) electrons. The molecule has 0 aliphatic rings. The van der Waals surface area contributed by atoms with Crippen LogP contribution in [-0.2, 0) is 0 Å². The van der Waals surface area contributed by atoms with E-state index in [1.807, 2.05) is 0 Å². The second-order valence-corrected chi connectivity index (χ2v) is 2.98. The highest BCUT2D eigenvalue weighted by Crippen LogP contribution is 2.23. The summed E-state index contributed by atoms with van der Waals surface area (Å²) < 4.78 is 17.8. The van der Waals surface area contributed by atoms with Gasteiger partial charge in [-0.1, -0.05) is 23.7 Å². The van der Waals surface area contributed by atoms with Crippen molar-refractivity contribution in [3.05, 3.63) is 29.3 Å². The van der Waals surface area contributed by atoms with Crippen LogP contribution in [0.15, 0.2) is 24.3 Å². The number of halogens is 2. The Morgan fingerprint density at radius 3 is 2.77 bits per heavy atom. The van der Waals surface area contributed by atoms with Gasteiger partial charge < -0.3 is 10.5 Å². The maximum Gasteiger partial charge on any atom is 0.146 e. The highest BCUT2D eigenvalue weighted by atomic mass is 35.5.